The second-order valence-electron chi connectivity index (χ2n) is 4.78. The summed E-state index contributed by atoms with van der Waals surface area (Å²) in [6.07, 6.45) is 0.389. The molecule has 0 radical (unpaired) electrons. The molecule has 0 bridgehead atoms. The highest BCUT2D eigenvalue weighted by Crippen LogP contribution is 2.24. The van der Waals surface area contributed by atoms with Crippen LogP contribution in [-0.2, 0) is 6.42 Å². The first-order valence-electron chi connectivity index (χ1n) is 6.38. The highest BCUT2D eigenvalue weighted by molar-refractivity contribution is 5.30. The van der Waals surface area contributed by atoms with Crippen LogP contribution in [0.1, 0.15) is 22.7 Å². The molecule has 0 aliphatic heterocycles. The highest BCUT2D eigenvalue weighted by atomic mass is 19.1. The van der Waals surface area contributed by atoms with Crippen LogP contribution in [0.2, 0.25) is 0 Å². The molecule has 0 fully saturated rings. The topological polar surface area (TPSA) is 12.0 Å². The van der Waals surface area contributed by atoms with Crippen LogP contribution in [0, 0.1) is 24.4 Å². The van der Waals surface area contributed by atoms with E-state index < -0.39 is 17.7 Å². The minimum atomic E-state index is -0.488. The largest absolute Gasteiger partial charge is 0.313 e. The summed E-state index contributed by atoms with van der Waals surface area (Å²) < 4.78 is 40.4. The van der Waals surface area contributed by atoms with Crippen molar-refractivity contribution < 1.29 is 13.2 Å². The van der Waals surface area contributed by atoms with Crippen LogP contribution in [0.4, 0.5) is 13.2 Å². The number of hydrogen-bond donors (Lipinski definition) is 1. The summed E-state index contributed by atoms with van der Waals surface area (Å²) in [5.74, 6) is -1.29. The molecule has 1 atom stereocenters. The molecule has 0 aliphatic carbocycles. The van der Waals surface area contributed by atoms with Gasteiger partial charge in [-0.1, -0.05) is 6.07 Å². The molecule has 4 heteroatoms. The van der Waals surface area contributed by atoms with Gasteiger partial charge in [0.05, 0.1) is 0 Å². The fraction of sp³-hybridized carbons (Fsp3) is 0.250. The van der Waals surface area contributed by atoms with E-state index in [0.29, 0.717) is 6.42 Å². The van der Waals surface area contributed by atoms with Crippen LogP contribution < -0.4 is 5.32 Å². The Morgan fingerprint density at radius 3 is 2.35 bits per heavy atom. The molecular weight excluding hydrogens is 263 g/mol. The van der Waals surface area contributed by atoms with Gasteiger partial charge in [0.1, 0.15) is 17.5 Å². The molecule has 2 aromatic rings. The maximum Gasteiger partial charge on any atom is 0.128 e. The van der Waals surface area contributed by atoms with Gasteiger partial charge in [0, 0.05) is 11.6 Å². The third-order valence-corrected chi connectivity index (χ3v) is 3.42. The van der Waals surface area contributed by atoms with Crippen LogP contribution in [0.15, 0.2) is 36.4 Å². The number of likely N-dealkylation sites (N-methyl/N-ethyl adjacent to an activating group) is 1. The fourth-order valence-electron chi connectivity index (χ4n) is 2.23. The first-order chi connectivity index (χ1) is 9.51. The van der Waals surface area contributed by atoms with E-state index >= 15 is 0 Å². The predicted octanol–water partition coefficient (Wildman–Crippen LogP) is 3.92. The van der Waals surface area contributed by atoms with Crippen molar-refractivity contribution in [3.05, 3.63) is 70.5 Å². The molecule has 0 aromatic heterocycles. The van der Waals surface area contributed by atoms with Crippen molar-refractivity contribution in [1.82, 2.24) is 5.32 Å². The van der Waals surface area contributed by atoms with Crippen molar-refractivity contribution in [1.29, 1.82) is 0 Å². The van der Waals surface area contributed by atoms with Gasteiger partial charge in [-0.25, -0.2) is 13.2 Å². The number of nitrogens with one attached hydrogen (secondary N) is 1. The van der Waals surface area contributed by atoms with Crippen LogP contribution in [0.5, 0.6) is 0 Å². The Bertz CT molecular complexity index is 611. The molecule has 20 heavy (non-hydrogen) atoms. The molecular formula is C16H16F3N. The minimum absolute atomic E-state index is 0.246. The Morgan fingerprint density at radius 1 is 1.00 bits per heavy atom. The molecule has 2 aromatic carbocycles. The zero-order valence-electron chi connectivity index (χ0n) is 11.4. The third kappa shape index (κ3) is 3.20. The Morgan fingerprint density at radius 2 is 1.65 bits per heavy atom. The lowest BCUT2D eigenvalue weighted by atomic mass is 9.95. The number of hydrogen-bond acceptors (Lipinski definition) is 1. The van der Waals surface area contributed by atoms with Gasteiger partial charge in [0.2, 0.25) is 0 Å². The minimum Gasteiger partial charge on any atom is -0.313 e. The summed E-state index contributed by atoms with van der Waals surface area (Å²) in [6, 6.07) is 7.44. The average Bonchev–Trinajstić information content (AvgIpc) is 2.42. The van der Waals surface area contributed by atoms with Gasteiger partial charge in [0.25, 0.3) is 0 Å². The molecule has 1 unspecified atom stereocenters. The zero-order chi connectivity index (χ0) is 14.7. The number of benzene rings is 2. The molecule has 1 nitrogen and oxygen atoms in total. The van der Waals surface area contributed by atoms with Gasteiger partial charge in [0.15, 0.2) is 0 Å². The van der Waals surface area contributed by atoms with Crippen LogP contribution >= 0.6 is 0 Å². The molecule has 106 valence electrons. The number of halogens is 3. The van der Waals surface area contributed by atoms with E-state index in [1.54, 1.807) is 13.1 Å². The average molecular weight is 279 g/mol. The van der Waals surface area contributed by atoms with Crippen LogP contribution in [-0.4, -0.2) is 7.05 Å². The summed E-state index contributed by atoms with van der Waals surface area (Å²) >= 11 is 0. The third-order valence-electron chi connectivity index (χ3n) is 3.42. The smallest absolute Gasteiger partial charge is 0.128 e. The summed E-state index contributed by atoms with van der Waals surface area (Å²) in [7, 11) is 1.67. The van der Waals surface area contributed by atoms with Crippen LogP contribution in [0.25, 0.3) is 0 Å². The first kappa shape index (κ1) is 14.6. The van der Waals surface area contributed by atoms with Gasteiger partial charge in [-0.3, -0.25) is 0 Å². The molecule has 2 rings (SSSR count). The van der Waals surface area contributed by atoms with Gasteiger partial charge < -0.3 is 5.32 Å². The van der Waals surface area contributed by atoms with Crippen molar-refractivity contribution in [2.24, 2.45) is 0 Å². The predicted molar refractivity (Wildman–Crippen MR) is 73.0 cm³/mol. The Kier molecular flexibility index (Phi) is 4.45. The quantitative estimate of drug-likeness (QED) is 0.894. The monoisotopic (exact) mass is 279 g/mol. The summed E-state index contributed by atoms with van der Waals surface area (Å²) in [5.41, 5.74) is 1.94. The second-order valence-corrected chi connectivity index (χ2v) is 4.78. The lowest BCUT2D eigenvalue weighted by Gasteiger charge is -2.19. The zero-order valence-corrected chi connectivity index (χ0v) is 11.4. The van der Waals surface area contributed by atoms with E-state index in [1.807, 2.05) is 6.92 Å². The lowest BCUT2D eigenvalue weighted by Crippen LogP contribution is -2.20. The van der Waals surface area contributed by atoms with Crippen LogP contribution in [0.3, 0.4) is 0 Å². The second kappa shape index (κ2) is 6.09. The van der Waals surface area contributed by atoms with E-state index in [2.05, 4.69) is 5.32 Å². The van der Waals surface area contributed by atoms with Crippen molar-refractivity contribution in [2.75, 3.05) is 7.05 Å². The summed E-state index contributed by atoms with van der Waals surface area (Å²) in [4.78, 5) is 0. The number of aryl methyl sites for hydroxylation is 1. The van der Waals surface area contributed by atoms with Crippen molar-refractivity contribution in [2.45, 2.75) is 19.4 Å². The van der Waals surface area contributed by atoms with E-state index in [4.69, 9.17) is 0 Å². The molecule has 0 saturated carbocycles. The highest BCUT2D eigenvalue weighted by Gasteiger charge is 2.16. The molecule has 0 saturated heterocycles. The van der Waals surface area contributed by atoms with Gasteiger partial charge in [-0.15, -0.1) is 0 Å². The van der Waals surface area contributed by atoms with Crippen molar-refractivity contribution in [3.8, 4) is 0 Å². The molecule has 1 N–H and O–H groups in total. The molecule has 0 spiro atoms. The van der Waals surface area contributed by atoms with Gasteiger partial charge in [-0.05, 0) is 61.9 Å². The van der Waals surface area contributed by atoms with Gasteiger partial charge >= 0.3 is 0 Å². The maximum atomic E-state index is 13.8. The lowest BCUT2D eigenvalue weighted by molar-refractivity contribution is 0.521. The van der Waals surface area contributed by atoms with E-state index in [9.17, 15) is 13.2 Å². The van der Waals surface area contributed by atoms with Gasteiger partial charge in [-0.2, -0.15) is 0 Å². The van der Waals surface area contributed by atoms with E-state index in [0.717, 1.165) is 23.3 Å². The van der Waals surface area contributed by atoms with Crippen molar-refractivity contribution >= 4 is 0 Å². The van der Waals surface area contributed by atoms with E-state index in [1.165, 1.54) is 18.2 Å². The molecule has 0 heterocycles. The Hall–Kier alpha value is -1.81. The Balaban J connectivity index is 2.33. The first-order valence-corrected chi connectivity index (χ1v) is 6.38. The summed E-state index contributed by atoms with van der Waals surface area (Å²) in [6.45, 7) is 1.86. The fourth-order valence-corrected chi connectivity index (χ4v) is 2.23. The normalized spacial score (nSPS) is 12.4. The molecule has 0 amide bonds. The van der Waals surface area contributed by atoms with E-state index in [-0.39, 0.29) is 11.4 Å². The Labute approximate surface area is 116 Å². The van der Waals surface area contributed by atoms with Crippen molar-refractivity contribution in [3.63, 3.8) is 0 Å². The molecule has 0 aliphatic rings. The summed E-state index contributed by atoms with van der Waals surface area (Å²) in [5, 5.41) is 2.95. The number of rotatable bonds is 4. The maximum absolute atomic E-state index is 13.8. The SMILES string of the molecule is CNC(Cc1cc(F)ccc1C)c1cc(F)ccc1F. The standard InChI is InChI=1S/C16H16F3N/c1-10-3-4-12(17)7-11(10)8-16(20-2)14-9-13(18)5-6-15(14)19/h3-7,9,16,20H,8H2,1-2H3.